The quantitative estimate of drug-likeness (QED) is 0.537. The zero-order valence-electron chi connectivity index (χ0n) is 12.2. The number of allylic oxidation sites excluding steroid dienone is 1. The van der Waals surface area contributed by atoms with Crippen molar-refractivity contribution in [3.63, 3.8) is 0 Å². The van der Waals surface area contributed by atoms with Crippen molar-refractivity contribution in [1.29, 1.82) is 0 Å². The lowest BCUT2D eigenvalue weighted by Gasteiger charge is -2.49. The van der Waals surface area contributed by atoms with Gasteiger partial charge in [-0.1, -0.05) is 25.5 Å². The summed E-state index contributed by atoms with van der Waals surface area (Å²) < 4.78 is 11.3. The van der Waals surface area contributed by atoms with Crippen molar-refractivity contribution >= 4 is 5.97 Å². The van der Waals surface area contributed by atoms with Crippen LogP contribution in [-0.2, 0) is 14.3 Å². The summed E-state index contributed by atoms with van der Waals surface area (Å²) in [7, 11) is 1.65. The van der Waals surface area contributed by atoms with E-state index in [9.17, 15) is 4.79 Å². The number of carbonyl (C=O) groups is 1. The Kier molecular flexibility index (Phi) is 2.69. The molecule has 3 nitrogen and oxygen atoms in total. The van der Waals surface area contributed by atoms with Crippen molar-refractivity contribution in [2.24, 2.45) is 17.3 Å². The topological polar surface area (TPSA) is 35.5 Å². The molecule has 1 fully saturated rings. The molecule has 0 saturated heterocycles. The van der Waals surface area contributed by atoms with E-state index in [4.69, 9.17) is 9.47 Å². The standard InChI is InChI=1S/C16H22O3/c1-10-7-13-8-11(2)15(10,3)6-5-12-9-14(17)19-16(12,13)18-4/h7,9,11,13H,5-6,8H2,1-4H3. The van der Waals surface area contributed by atoms with Gasteiger partial charge < -0.3 is 9.47 Å². The molecule has 4 atom stereocenters. The summed E-state index contributed by atoms with van der Waals surface area (Å²) in [6.07, 6.45) is 6.85. The molecule has 0 aromatic heterocycles. The van der Waals surface area contributed by atoms with E-state index in [-0.39, 0.29) is 17.3 Å². The van der Waals surface area contributed by atoms with E-state index in [0.717, 1.165) is 24.8 Å². The molecule has 104 valence electrons. The number of rotatable bonds is 1. The molecule has 1 heterocycles. The first-order valence-electron chi connectivity index (χ1n) is 7.10. The molecule has 2 bridgehead atoms. The van der Waals surface area contributed by atoms with Crippen LogP contribution in [0.4, 0.5) is 0 Å². The molecule has 1 aliphatic heterocycles. The van der Waals surface area contributed by atoms with Gasteiger partial charge in [0.15, 0.2) is 0 Å². The first-order valence-corrected chi connectivity index (χ1v) is 7.10. The minimum absolute atomic E-state index is 0.138. The van der Waals surface area contributed by atoms with E-state index in [1.807, 2.05) is 0 Å². The second-order valence-electron chi connectivity index (χ2n) is 6.47. The van der Waals surface area contributed by atoms with Crippen molar-refractivity contribution in [3.05, 3.63) is 23.3 Å². The van der Waals surface area contributed by atoms with Crippen LogP contribution in [-0.4, -0.2) is 18.9 Å². The summed E-state index contributed by atoms with van der Waals surface area (Å²) in [5.41, 5.74) is 2.67. The van der Waals surface area contributed by atoms with Gasteiger partial charge in [-0.3, -0.25) is 0 Å². The fourth-order valence-corrected chi connectivity index (χ4v) is 4.06. The summed E-state index contributed by atoms with van der Waals surface area (Å²) in [5.74, 6) is -0.381. The van der Waals surface area contributed by atoms with Gasteiger partial charge in [-0.25, -0.2) is 4.79 Å². The first-order chi connectivity index (χ1) is 8.92. The Bertz CT molecular complexity index is 490. The highest BCUT2D eigenvalue weighted by atomic mass is 16.7. The predicted octanol–water partition coefficient (Wildman–Crippen LogP) is 3.21. The Labute approximate surface area is 114 Å². The molecule has 0 radical (unpaired) electrons. The zero-order chi connectivity index (χ0) is 13.8. The maximum atomic E-state index is 11.7. The number of esters is 1. The van der Waals surface area contributed by atoms with E-state index in [2.05, 4.69) is 26.8 Å². The molecule has 0 N–H and O–H groups in total. The van der Waals surface area contributed by atoms with Crippen LogP contribution in [0, 0.1) is 17.3 Å². The number of fused-ring (bicyclic) bond motifs is 2. The zero-order valence-corrected chi connectivity index (χ0v) is 12.2. The van der Waals surface area contributed by atoms with Crippen molar-refractivity contribution in [1.82, 2.24) is 0 Å². The molecule has 19 heavy (non-hydrogen) atoms. The fraction of sp³-hybridized carbons (Fsp3) is 0.688. The van der Waals surface area contributed by atoms with E-state index in [1.54, 1.807) is 13.2 Å². The molecule has 4 aliphatic rings. The molecular weight excluding hydrogens is 240 g/mol. The molecule has 0 aromatic carbocycles. The molecule has 0 amide bonds. The number of hydrogen-bond donors (Lipinski definition) is 0. The van der Waals surface area contributed by atoms with Crippen LogP contribution in [0.2, 0.25) is 0 Å². The molecule has 0 aromatic rings. The second kappa shape index (κ2) is 3.95. The van der Waals surface area contributed by atoms with E-state index >= 15 is 0 Å². The summed E-state index contributed by atoms with van der Waals surface area (Å²) >= 11 is 0. The van der Waals surface area contributed by atoms with Gasteiger partial charge in [-0.05, 0) is 37.5 Å². The largest absolute Gasteiger partial charge is 0.425 e. The van der Waals surface area contributed by atoms with Crippen molar-refractivity contribution in [2.75, 3.05) is 7.11 Å². The molecule has 4 unspecified atom stereocenters. The fourth-order valence-electron chi connectivity index (χ4n) is 4.06. The average Bonchev–Trinajstić information content (AvgIpc) is 2.69. The van der Waals surface area contributed by atoms with Gasteiger partial charge >= 0.3 is 5.97 Å². The Morgan fingerprint density at radius 2 is 2.21 bits per heavy atom. The lowest BCUT2D eigenvalue weighted by Crippen LogP contribution is -2.48. The van der Waals surface area contributed by atoms with Crippen LogP contribution in [0.15, 0.2) is 23.3 Å². The number of carbonyl (C=O) groups excluding carboxylic acids is 1. The van der Waals surface area contributed by atoms with Gasteiger partial charge in [0.25, 0.3) is 0 Å². The van der Waals surface area contributed by atoms with Crippen LogP contribution in [0.25, 0.3) is 0 Å². The minimum Gasteiger partial charge on any atom is -0.425 e. The Morgan fingerprint density at radius 3 is 2.84 bits per heavy atom. The predicted molar refractivity (Wildman–Crippen MR) is 72.3 cm³/mol. The molecule has 4 rings (SSSR count). The summed E-state index contributed by atoms with van der Waals surface area (Å²) in [5, 5.41) is 0. The van der Waals surface area contributed by atoms with Gasteiger partial charge in [0.05, 0.1) is 0 Å². The van der Waals surface area contributed by atoms with Crippen LogP contribution in [0.1, 0.15) is 40.0 Å². The SMILES string of the molecule is COC12OC(=O)C=C1CCC1(C)C(C)=CC2CC1C. The van der Waals surface area contributed by atoms with Gasteiger partial charge in [0.1, 0.15) is 0 Å². The third-order valence-electron chi connectivity index (χ3n) is 5.74. The maximum absolute atomic E-state index is 11.7. The monoisotopic (exact) mass is 262 g/mol. The maximum Gasteiger partial charge on any atom is 0.333 e. The van der Waals surface area contributed by atoms with E-state index < -0.39 is 5.79 Å². The third-order valence-corrected chi connectivity index (χ3v) is 5.74. The van der Waals surface area contributed by atoms with Crippen molar-refractivity contribution in [3.8, 4) is 0 Å². The van der Waals surface area contributed by atoms with E-state index in [1.165, 1.54) is 5.57 Å². The highest BCUT2D eigenvalue weighted by Crippen LogP contribution is 2.55. The van der Waals surface area contributed by atoms with Crippen LogP contribution >= 0.6 is 0 Å². The first kappa shape index (κ1) is 12.9. The average molecular weight is 262 g/mol. The highest BCUT2D eigenvalue weighted by molar-refractivity contribution is 5.86. The summed E-state index contributed by atoms with van der Waals surface area (Å²) in [6, 6.07) is 0. The van der Waals surface area contributed by atoms with E-state index in [0.29, 0.717) is 5.92 Å². The minimum atomic E-state index is -0.839. The molecule has 1 saturated carbocycles. The van der Waals surface area contributed by atoms with Gasteiger partial charge in [-0.15, -0.1) is 0 Å². The lowest BCUT2D eigenvalue weighted by atomic mass is 9.59. The van der Waals surface area contributed by atoms with Crippen LogP contribution in [0.5, 0.6) is 0 Å². The Morgan fingerprint density at radius 1 is 1.47 bits per heavy atom. The number of hydrogen-bond acceptors (Lipinski definition) is 3. The van der Waals surface area contributed by atoms with Gasteiger partial charge in [0, 0.05) is 24.7 Å². The smallest absolute Gasteiger partial charge is 0.333 e. The Balaban J connectivity index is 2.13. The summed E-state index contributed by atoms with van der Waals surface area (Å²) in [4.78, 5) is 11.7. The summed E-state index contributed by atoms with van der Waals surface area (Å²) in [6.45, 7) is 6.85. The molecular formula is C16H22O3. The van der Waals surface area contributed by atoms with Crippen LogP contribution in [0.3, 0.4) is 0 Å². The van der Waals surface area contributed by atoms with Gasteiger partial charge in [0.2, 0.25) is 5.79 Å². The molecule has 3 heteroatoms. The lowest BCUT2D eigenvalue weighted by molar-refractivity contribution is -0.213. The number of ether oxygens (including phenoxy) is 2. The van der Waals surface area contributed by atoms with Crippen molar-refractivity contribution in [2.45, 2.75) is 45.8 Å². The van der Waals surface area contributed by atoms with Crippen LogP contribution < -0.4 is 0 Å². The third kappa shape index (κ3) is 1.57. The molecule has 0 spiro atoms. The highest BCUT2D eigenvalue weighted by Gasteiger charge is 2.55. The van der Waals surface area contributed by atoms with Gasteiger partial charge in [-0.2, -0.15) is 0 Å². The van der Waals surface area contributed by atoms with Crippen molar-refractivity contribution < 1.29 is 14.3 Å². The number of methoxy groups -OCH3 is 1. The Hall–Kier alpha value is -1.09. The second-order valence-corrected chi connectivity index (χ2v) is 6.47. The normalized spacial score (nSPS) is 44.9. The molecule has 3 aliphatic carbocycles.